The van der Waals surface area contributed by atoms with Gasteiger partial charge in [0.05, 0.1) is 13.2 Å². The van der Waals surface area contributed by atoms with Gasteiger partial charge in [-0.05, 0) is 48.9 Å². The number of morpholine rings is 1. The fourth-order valence-electron chi connectivity index (χ4n) is 3.47. The van der Waals surface area contributed by atoms with E-state index in [0.717, 1.165) is 18.4 Å². The minimum atomic E-state index is -0.346. The number of aryl methyl sites for hydroxylation is 3. The summed E-state index contributed by atoms with van der Waals surface area (Å²) in [5.41, 5.74) is 3.47. The Bertz CT molecular complexity index is 756. The van der Waals surface area contributed by atoms with Crippen molar-refractivity contribution >= 4 is 5.91 Å². The molecule has 1 fully saturated rings. The maximum Gasteiger partial charge on any atom is 0.254 e. The van der Waals surface area contributed by atoms with Crippen molar-refractivity contribution in [1.82, 2.24) is 15.1 Å². The molecule has 1 atom stereocenters. The molecule has 6 nitrogen and oxygen atoms in total. The zero-order chi connectivity index (χ0) is 16.5. The Morgan fingerprint density at radius 1 is 1.21 bits per heavy atom. The van der Waals surface area contributed by atoms with Crippen LogP contribution < -0.4 is 0 Å². The molecule has 2 heterocycles. The number of amides is 1. The van der Waals surface area contributed by atoms with Gasteiger partial charge in [-0.2, -0.15) is 0 Å². The van der Waals surface area contributed by atoms with Crippen molar-refractivity contribution in [3.8, 4) is 0 Å². The monoisotopic (exact) mass is 327 g/mol. The molecule has 0 N–H and O–H groups in total. The number of rotatable bonds is 2. The summed E-state index contributed by atoms with van der Waals surface area (Å²) in [6, 6.07) is 6.13. The summed E-state index contributed by atoms with van der Waals surface area (Å²) in [7, 11) is 0. The van der Waals surface area contributed by atoms with Crippen LogP contribution >= 0.6 is 0 Å². The van der Waals surface area contributed by atoms with Crippen LogP contribution in [0.25, 0.3) is 0 Å². The molecule has 1 aromatic heterocycles. The zero-order valence-electron chi connectivity index (χ0n) is 13.8. The first-order valence-electron chi connectivity index (χ1n) is 8.53. The zero-order valence-corrected chi connectivity index (χ0v) is 13.8. The average molecular weight is 327 g/mol. The highest BCUT2D eigenvalue weighted by atomic mass is 16.5. The maximum atomic E-state index is 12.9. The van der Waals surface area contributed by atoms with Crippen LogP contribution in [0, 0.1) is 6.92 Å². The quantitative estimate of drug-likeness (QED) is 0.847. The third-order valence-corrected chi connectivity index (χ3v) is 4.77. The van der Waals surface area contributed by atoms with E-state index in [4.69, 9.17) is 9.15 Å². The molecule has 1 aliphatic carbocycles. The number of nitrogens with zero attached hydrogens (tertiary/aromatic N) is 3. The van der Waals surface area contributed by atoms with Gasteiger partial charge in [-0.15, -0.1) is 10.2 Å². The van der Waals surface area contributed by atoms with Crippen LogP contribution in [0.1, 0.15) is 52.2 Å². The Balaban J connectivity index is 1.51. The van der Waals surface area contributed by atoms with E-state index in [-0.39, 0.29) is 12.0 Å². The van der Waals surface area contributed by atoms with Gasteiger partial charge in [0.15, 0.2) is 6.10 Å². The van der Waals surface area contributed by atoms with Gasteiger partial charge in [0, 0.05) is 19.0 Å². The van der Waals surface area contributed by atoms with Crippen molar-refractivity contribution in [3.63, 3.8) is 0 Å². The van der Waals surface area contributed by atoms with Gasteiger partial charge < -0.3 is 14.1 Å². The summed E-state index contributed by atoms with van der Waals surface area (Å²) < 4.78 is 11.1. The second-order valence-corrected chi connectivity index (χ2v) is 6.46. The molecule has 1 saturated heterocycles. The first kappa shape index (κ1) is 15.3. The number of fused-ring (bicyclic) bond motifs is 1. The first-order valence-corrected chi connectivity index (χ1v) is 8.53. The summed E-state index contributed by atoms with van der Waals surface area (Å²) in [5.74, 6) is 0.995. The van der Waals surface area contributed by atoms with Gasteiger partial charge in [0.25, 0.3) is 5.91 Å². The van der Waals surface area contributed by atoms with Crippen LogP contribution in [0.5, 0.6) is 0 Å². The lowest BCUT2D eigenvalue weighted by Gasteiger charge is -2.31. The van der Waals surface area contributed by atoms with Crippen LogP contribution in [0.3, 0.4) is 0 Å². The number of hydrogen-bond acceptors (Lipinski definition) is 5. The minimum Gasteiger partial charge on any atom is -0.423 e. The predicted molar refractivity (Wildman–Crippen MR) is 86.7 cm³/mol. The highest BCUT2D eigenvalue weighted by Gasteiger charge is 2.29. The van der Waals surface area contributed by atoms with E-state index >= 15 is 0 Å². The predicted octanol–water partition coefficient (Wildman–Crippen LogP) is 2.47. The molecular weight excluding hydrogens is 306 g/mol. The third-order valence-electron chi connectivity index (χ3n) is 4.77. The highest BCUT2D eigenvalue weighted by Crippen LogP contribution is 2.25. The molecule has 126 valence electrons. The average Bonchev–Trinajstić information content (AvgIpc) is 3.07. The Labute approximate surface area is 140 Å². The molecule has 0 radical (unpaired) electrons. The Kier molecular flexibility index (Phi) is 4.06. The van der Waals surface area contributed by atoms with E-state index in [1.165, 1.54) is 24.0 Å². The summed E-state index contributed by atoms with van der Waals surface area (Å²) >= 11 is 0. The van der Waals surface area contributed by atoms with E-state index in [1.807, 2.05) is 11.0 Å². The molecule has 0 spiro atoms. The van der Waals surface area contributed by atoms with Gasteiger partial charge in [-0.3, -0.25) is 4.79 Å². The van der Waals surface area contributed by atoms with Gasteiger partial charge in [-0.1, -0.05) is 6.07 Å². The minimum absolute atomic E-state index is 0.0490. The number of benzene rings is 1. The second kappa shape index (κ2) is 6.36. The summed E-state index contributed by atoms with van der Waals surface area (Å²) in [6.07, 6.45) is 4.31. The molecule has 2 aliphatic rings. The first-order chi connectivity index (χ1) is 11.7. The molecular formula is C18H21N3O3. The van der Waals surface area contributed by atoms with E-state index < -0.39 is 0 Å². The van der Waals surface area contributed by atoms with Gasteiger partial charge in [0.1, 0.15) is 0 Å². The number of carbonyl (C=O) groups excluding carboxylic acids is 1. The van der Waals surface area contributed by atoms with Crippen molar-refractivity contribution < 1.29 is 13.9 Å². The van der Waals surface area contributed by atoms with E-state index in [9.17, 15) is 4.79 Å². The lowest BCUT2D eigenvalue weighted by Crippen LogP contribution is -2.42. The molecule has 2 aromatic rings. The lowest BCUT2D eigenvalue weighted by molar-refractivity contribution is -0.0349. The molecule has 0 bridgehead atoms. The fourth-order valence-corrected chi connectivity index (χ4v) is 3.47. The summed E-state index contributed by atoms with van der Waals surface area (Å²) in [5, 5.41) is 7.85. The fraction of sp³-hybridized carbons (Fsp3) is 0.500. The van der Waals surface area contributed by atoms with Crippen molar-refractivity contribution in [1.29, 1.82) is 0 Å². The number of aromatic nitrogens is 2. The molecule has 24 heavy (non-hydrogen) atoms. The van der Waals surface area contributed by atoms with Crippen molar-refractivity contribution in [3.05, 3.63) is 46.7 Å². The van der Waals surface area contributed by atoms with E-state index in [0.29, 0.717) is 31.5 Å². The molecule has 4 rings (SSSR count). The van der Waals surface area contributed by atoms with Gasteiger partial charge in [-0.25, -0.2) is 0 Å². The van der Waals surface area contributed by atoms with Crippen LogP contribution in [-0.2, 0) is 17.6 Å². The molecule has 6 heteroatoms. The van der Waals surface area contributed by atoms with Gasteiger partial charge in [0.2, 0.25) is 11.8 Å². The highest BCUT2D eigenvalue weighted by molar-refractivity contribution is 5.94. The molecule has 1 aromatic carbocycles. The molecule has 1 amide bonds. The smallest absolute Gasteiger partial charge is 0.254 e. The van der Waals surface area contributed by atoms with Crippen molar-refractivity contribution in [2.24, 2.45) is 0 Å². The summed E-state index contributed by atoms with van der Waals surface area (Å²) in [4.78, 5) is 14.7. The van der Waals surface area contributed by atoms with Crippen LogP contribution in [0.15, 0.2) is 22.6 Å². The largest absolute Gasteiger partial charge is 0.423 e. The van der Waals surface area contributed by atoms with Crippen molar-refractivity contribution in [2.45, 2.75) is 38.7 Å². The second-order valence-electron chi connectivity index (χ2n) is 6.46. The Morgan fingerprint density at radius 3 is 2.83 bits per heavy atom. The molecule has 0 unspecified atom stereocenters. The SMILES string of the molecule is Cc1nnc([C@@H]2CN(C(=O)c3ccc4c(c3)CCCC4)CCO2)o1. The maximum absolute atomic E-state index is 12.9. The van der Waals surface area contributed by atoms with E-state index in [1.54, 1.807) is 6.92 Å². The Hall–Kier alpha value is -2.21. The number of hydrogen-bond donors (Lipinski definition) is 0. The van der Waals surface area contributed by atoms with Crippen molar-refractivity contribution in [2.75, 3.05) is 19.7 Å². The van der Waals surface area contributed by atoms with Crippen LogP contribution in [0.2, 0.25) is 0 Å². The van der Waals surface area contributed by atoms with E-state index in [2.05, 4.69) is 22.3 Å². The van der Waals surface area contributed by atoms with Crippen LogP contribution in [-0.4, -0.2) is 40.7 Å². The molecule has 1 aliphatic heterocycles. The summed E-state index contributed by atoms with van der Waals surface area (Å²) in [6.45, 7) is 3.25. The Morgan fingerprint density at radius 2 is 2.04 bits per heavy atom. The normalized spacial score (nSPS) is 20.7. The number of carbonyl (C=O) groups is 1. The lowest BCUT2D eigenvalue weighted by atomic mass is 9.90. The molecule has 0 saturated carbocycles. The topological polar surface area (TPSA) is 68.5 Å². The third kappa shape index (κ3) is 2.94. The number of ether oxygens (including phenoxy) is 1. The standard InChI is InChI=1S/C18H21N3O3/c1-12-19-20-17(24-12)16-11-21(8-9-23-16)18(22)15-7-6-13-4-2-3-5-14(13)10-15/h6-7,10,16H,2-5,8-9,11H2,1H3/t16-/m0/s1. The van der Waals surface area contributed by atoms with Gasteiger partial charge >= 0.3 is 0 Å². The van der Waals surface area contributed by atoms with Crippen LogP contribution in [0.4, 0.5) is 0 Å².